The van der Waals surface area contributed by atoms with Gasteiger partial charge in [0.15, 0.2) is 0 Å². The lowest BCUT2D eigenvalue weighted by Gasteiger charge is -2.16. The summed E-state index contributed by atoms with van der Waals surface area (Å²) in [5, 5.41) is 3.05. The second kappa shape index (κ2) is 5.72. The number of nitrogens with one attached hydrogen (secondary N) is 1. The second-order valence-electron chi connectivity index (χ2n) is 4.18. The molecule has 1 N–H and O–H groups in total. The molecule has 0 bridgehead atoms. The number of carbonyl (C=O) groups excluding carboxylic acids is 1. The fourth-order valence-electron chi connectivity index (χ4n) is 2.01. The number of benzene rings is 1. The highest BCUT2D eigenvalue weighted by molar-refractivity contribution is 9.11. The van der Waals surface area contributed by atoms with Gasteiger partial charge in [-0.3, -0.25) is 4.79 Å². The summed E-state index contributed by atoms with van der Waals surface area (Å²) in [6.07, 6.45) is 3.03. The summed E-state index contributed by atoms with van der Waals surface area (Å²) in [4.78, 5) is 12.0. The van der Waals surface area contributed by atoms with Crippen LogP contribution in [0.15, 0.2) is 27.1 Å². The topological polar surface area (TPSA) is 29.1 Å². The summed E-state index contributed by atoms with van der Waals surface area (Å²) in [6.45, 7) is 0. The van der Waals surface area contributed by atoms with Gasteiger partial charge in [-0.25, -0.2) is 0 Å². The Balaban J connectivity index is 2.09. The van der Waals surface area contributed by atoms with Crippen LogP contribution in [0, 0.1) is 0 Å². The van der Waals surface area contributed by atoms with Crippen molar-refractivity contribution in [3.05, 3.63) is 32.7 Å². The fraction of sp³-hybridized carbons (Fsp3) is 0.417. The van der Waals surface area contributed by atoms with Gasteiger partial charge >= 0.3 is 0 Å². The molecule has 1 amide bonds. The summed E-state index contributed by atoms with van der Waals surface area (Å²) >= 11 is 12.9. The van der Waals surface area contributed by atoms with Crippen LogP contribution in [0.5, 0.6) is 0 Å². The number of alkyl halides is 1. The molecule has 1 aliphatic rings. The number of hydrogen-bond donors (Lipinski definition) is 1. The quantitative estimate of drug-likeness (QED) is 0.768. The maximum absolute atomic E-state index is 12.0. The van der Waals surface area contributed by atoms with E-state index in [4.69, 9.17) is 11.6 Å². The lowest BCUT2D eigenvalue weighted by Crippen LogP contribution is -2.37. The summed E-state index contributed by atoms with van der Waals surface area (Å²) in [5.74, 6) is -0.0652. The molecular formula is C12H12Br2ClNO. The Morgan fingerprint density at radius 2 is 1.88 bits per heavy atom. The largest absolute Gasteiger partial charge is 0.348 e. The molecule has 1 aromatic carbocycles. The van der Waals surface area contributed by atoms with Crippen molar-refractivity contribution in [3.63, 3.8) is 0 Å². The van der Waals surface area contributed by atoms with Gasteiger partial charge in [0, 0.05) is 20.6 Å². The predicted molar refractivity (Wildman–Crippen MR) is 76.6 cm³/mol. The van der Waals surface area contributed by atoms with Gasteiger partial charge in [-0.2, -0.15) is 0 Å². The van der Waals surface area contributed by atoms with E-state index in [0.717, 1.165) is 28.2 Å². The summed E-state index contributed by atoms with van der Waals surface area (Å²) in [6, 6.07) is 5.61. The average Bonchev–Trinajstić information content (AvgIpc) is 2.63. The maximum Gasteiger partial charge on any atom is 0.251 e. The maximum atomic E-state index is 12.0. The van der Waals surface area contributed by atoms with Crippen LogP contribution in [-0.2, 0) is 0 Å². The van der Waals surface area contributed by atoms with Crippen LogP contribution in [0.2, 0.25) is 0 Å². The van der Waals surface area contributed by atoms with E-state index in [1.807, 2.05) is 6.07 Å². The van der Waals surface area contributed by atoms with Crippen LogP contribution in [-0.4, -0.2) is 17.3 Å². The lowest BCUT2D eigenvalue weighted by atomic mass is 10.2. The van der Waals surface area contributed by atoms with E-state index >= 15 is 0 Å². The van der Waals surface area contributed by atoms with E-state index < -0.39 is 0 Å². The van der Waals surface area contributed by atoms with Gasteiger partial charge in [0.1, 0.15) is 0 Å². The Bertz CT molecular complexity index is 418. The van der Waals surface area contributed by atoms with Crippen molar-refractivity contribution in [1.29, 1.82) is 0 Å². The molecule has 0 radical (unpaired) electrons. The highest BCUT2D eigenvalue weighted by Crippen LogP contribution is 2.25. The summed E-state index contributed by atoms with van der Waals surface area (Å²) in [7, 11) is 0. The van der Waals surface area contributed by atoms with E-state index in [1.54, 1.807) is 12.1 Å². The minimum atomic E-state index is -0.0652. The predicted octanol–water partition coefficient (Wildman–Crippen LogP) is 4.10. The Morgan fingerprint density at radius 3 is 2.41 bits per heavy atom. The Kier molecular flexibility index (Phi) is 4.50. The Hall–Kier alpha value is -0.0600. The van der Waals surface area contributed by atoms with E-state index in [9.17, 15) is 4.79 Å². The standard InChI is InChI=1S/C12H12Br2ClNO/c13-8-4-7(5-9(14)6-8)12(17)16-11-3-1-2-10(11)15/h4-6,10-11H,1-3H2,(H,16,17). The molecule has 1 aliphatic carbocycles. The Labute approximate surface area is 122 Å². The molecule has 2 unspecified atom stereocenters. The third-order valence-electron chi connectivity index (χ3n) is 2.87. The molecule has 0 spiro atoms. The molecule has 2 nitrogen and oxygen atoms in total. The summed E-state index contributed by atoms with van der Waals surface area (Å²) in [5.41, 5.74) is 0.641. The van der Waals surface area contributed by atoms with Crippen molar-refractivity contribution in [2.24, 2.45) is 0 Å². The zero-order valence-corrected chi connectivity index (χ0v) is 13.0. The number of rotatable bonds is 2. The van der Waals surface area contributed by atoms with Crippen molar-refractivity contribution < 1.29 is 4.79 Å². The van der Waals surface area contributed by atoms with E-state index in [2.05, 4.69) is 37.2 Å². The monoisotopic (exact) mass is 379 g/mol. The first kappa shape index (κ1) is 13.4. The van der Waals surface area contributed by atoms with Gasteiger partial charge in [0.05, 0.1) is 5.38 Å². The Morgan fingerprint density at radius 1 is 1.24 bits per heavy atom. The molecule has 0 aliphatic heterocycles. The average molecular weight is 381 g/mol. The van der Waals surface area contributed by atoms with Crippen LogP contribution in [0.3, 0.4) is 0 Å². The second-order valence-corrected chi connectivity index (χ2v) is 6.58. The van der Waals surface area contributed by atoms with Gasteiger partial charge in [-0.15, -0.1) is 11.6 Å². The molecule has 1 aromatic rings. The zero-order chi connectivity index (χ0) is 12.4. The first-order valence-electron chi connectivity index (χ1n) is 5.47. The van der Waals surface area contributed by atoms with Crippen molar-refractivity contribution in [3.8, 4) is 0 Å². The van der Waals surface area contributed by atoms with Gasteiger partial charge in [-0.1, -0.05) is 31.9 Å². The number of hydrogen-bond acceptors (Lipinski definition) is 1. The van der Waals surface area contributed by atoms with Crippen LogP contribution in [0.4, 0.5) is 0 Å². The zero-order valence-electron chi connectivity index (χ0n) is 9.05. The smallest absolute Gasteiger partial charge is 0.251 e. The first-order valence-corrected chi connectivity index (χ1v) is 7.49. The third kappa shape index (κ3) is 3.46. The van der Waals surface area contributed by atoms with Crippen molar-refractivity contribution in [2.45, 2.75) is 30.7 Å². The number of halogens is 3. The van der Waals surface area contributed by atoms with Crippen molar-refractivity contribution in [1.82, 2.24) is 5.32 Å². The lowest BCUT2D eigenvalue weighted by molar-refractivity contribution is 0.0938. The highest BCUT2D eigenvalue weighted by atomic mass is 79.9. The molecule has 17 heavy (non-hydrogen) atoms. The molecule has 0 saturated heterocycles. The molecule has 0 aromatic heterocycles. The SMILES string of the molecule is O=C(NC1CCCC1Cl)c1cc(Br)cc(Br)c1. The van der Waals surface area contributed by atoms with Crippen LogP contribution >= 0.6 is 43.5 Å². The van der Waals surface area contributed by atoms with Crippen molar-refractivity contribution in [2.75, 3.05) is 0 Å². The molecule has 2 atom stereocenters. The molecule has 1 fully saturated rings. The van der Waals surface area contributed by atoms with E-state index in [0.29, 0.717) is 5.56 Å². The number of carbonyl (C=O) groups is 1. The third-order valence-corrected chi connectivity index (χ3v) is 4.31. The van der Waals surface area contributed by atoms with Gasteiger partial charge < -0.3 is 5.32 Å². The fourth-order valence-corrected chi connectivity index (χ4v) is 3.65. The molecule has 2 rings (SSSR count). The minimum absolute atomic E-state index is 0.0644. The van der Waals surface area contributed by atoms with Gasteiger partial charge in [0.25, 0.3) is 5.91 Å². The van der Waals surface area contributed by atoms with Gasteiger partial charge in [0.2, 0.25) is 0 Å². The molecule has 0 heterocycles. The highest BCUT2D eigenvalue weighted by Gasteiger charge is 2.26. The normalized spacial score (nSPS) is 23.7. The summed E-state index contributed by atoms with van der Waals surface area (Å²) < 4.78 is 1.76. The molecular weight excluding hydrogens is 369 g/mol. The van der Waals surface area contributed by atoms with Crippen LogP contribution < -0.4 is 5.32 Å². The minimum Gasteiger partial charge on any atom is -0.348 e. The first-order chi connectivity index (χ1) is 8.06. The molecule has 1 saturated carbocycles. The molecule has 92 valence electrons. The van der Waals surface area contributed by atoms with Crippen LogP contribution in [0.25, 0.3) is 0 Å². The molecule has 5 heteroatoms. The number of amides is 1. The van der Waals surface area contributed by atoms with E-state index in [-0.39, 0.29) is 17.3 Å². The van der Waals surface area contributed by atoms with E-state index in [1.165, 1.54) is 0 Å². The van der Waals surface area contributed by atoms with Gasteiger partial charge in [-0.05, 0) is 37.5 Å². The van der Waals surface area contributed by atoms with Crippen LogP contribution in [0.1, 0.15) is 29.6 Å². The van der Waals surface area contributed by atoms with Crippen molar-refractivity contribution >= 4 is 49.4 Å².